The third-order valence-corrected chi connectivity index (χ3v) is 6.22. The number of H-pyrrole nitrogens is 1. The maximum atomic E-state index is 12.8. The SMILES string of the molecule is Cc1[nH]c(=O)c(C(=O)NC2CC(=O)N(C3Cc4ccccc4C3)C2)c(C)c1C. The zero-order valence-electron chi connectivity index (χ0n) is 16.5. The molecule has 6 nitrogen and oxygen atoms in total. The highest BCUT2D eigenvalue weighted by atomic mass is 16.2. The molecule has 146 valence electrons. The molecule has 2 heterocycles. The Kier molecular flexibility index (Phi) is 4.57. The molecule has 0 bridgehead atoms. The van der Waals surface area contributed by atoms with Crippen molar-refractivity contribution < 1.29 is 9.59 Å². The summed E-state index contributed by atoms with van der Waals surface area (Å²) in [4.78, 5) is 42.3. The second kappa shape index (κ2) is 6.93. The Morgan fingerprint density at radius 3 is 2.32 bits per heavy atom. The number of benzene rings is 1. The van der Waals surface area contributed by atoms with Gasteiger partial charge >= 0.3 is 0 Å². The van der Waals surface area contributed by atoms with Crippen molar-refractivity contribution in [3.63, 3.8) is 0 Å². The van der Waals surface area contributed by atoms with Crippen LogP contribution >= 0.6 is 0 Å². The number of likely N-dealkylation sites (tertiary alicyclic amines) is 1. The highest BCUT2D eigenvalue weighted by Crippen LogP contribution is 2.28. The summed E-state index contributed by atoms with van der Waals surface area (Å²) in [5.41, 5.74) is 4.70. The van der Waals surface area contributed by atoms with Gasteiger partial charge < -0.3 is 15.2 Å². The highest BCUT2D eigenvalue weighted by molar-refractivity contribution is 5.96. The summed E-state index contributed by atoms with van der Waals surface area (Å²) in [6, 6.07) is 8.16. The van der Waals surface area contributed by atoms with Gasteiger partial charge in [0.1, 0.15) is 5.56 Å². The molecule has 0 radical (unpaired) electrons. The number of aromatic amines is 1. The number of nitrogens with zero attached hydrogens (tertiary/aromatic N) is 1. The number of carbonyl (C=O) groups excluding carboxylic acids is 2. The lowest BCUT2D eigenvalue weighted by atomic mass is 10.0. The van der Waals surface area contributed by atoms with Gasteiger partial charge in [0.05, 0.1) is 6.04 Å². The minimum absolute atomic E-state index is 0.0637. The van der Waals surface area contributed by atoms with Crippen LogP contribution in [0, 0.1) is 20.8 Å². The summed E-state index contributed by atoms with van der Waals surface area (Å²) in [7, 11) is 0. The zero-order valence-corrected chi connectivity index (χ0v) is 16.5. The van der Waals surface area contributed by atoms with Crippen LogP contribution in [0.4, 0.5) is 0 Å². The third-order valence-electron chi connectivity index (χ3n) is 6.22. The first-order valence-electron chi connectivity index (χ1n) is 9.72. The van der Waals surface area contributed by atoms with Crippen molar-refractivity contribution in [1.82, 2.24) is 15.2 Å². The minimum atomic E-state index is -0.406. The van der Waals surface area contributed by atoms with E-state index in [4.69, 9.17) is 0 Å². The Balaban J connectivity index is 1.47. The molecule has 2 N–H and O–H groups in total. The quantitative estimate of drug-likeness (QED) is 0.853. The fourth-order valence-corrected chi connectivity index (χ4v) is 4.43. The van der Waals surface area contributed by atoms with Crippen molar-refractivity contribution in [3.05, 3.63) is 68.1 Å². The molecule has 1 aromatic carbocycles. The lowest BCUT2D eigenvalue weighted by Crippen LogP contribution is -2.42. The number of pyridine rings is 1. The molecule has 1 fully saturated rings. The zero-order chi connectivity index (χ0) is 20.0. The molecule has 0 saturated carbocycles. The van der Waals surface area contributed by atoms with E-state index in [9.17, 15) is 14.4 Å². The largest absolute Gasteiger partial charge is 0.347 e. The summed E-state index contributed by atoms with van der Waals surface area (Å²) in [5, 5.41) is 2.91. The maximum absolute atomic E-state index is 12.8. The number of aryl methyl sites for hydroxylation is 1. The normalized spacial score (nSPS) is 19.2. The summed E-state index contributed by atoms with van der Waals surface area (Å²) in [6.45, 7) is 5.98. The average molecular weight is 379 g/mol. The molecule has 1 aliphatic carbocycles. The van der Waals surface area contributed by atoms with Crippen LogP contribution in [0.1, 0.15) is 44.7 Å². The number of carbonyl (C=O) groups is 2. The van der Waals surface area contributed by atoms with Crippen LogP contribution in [0.15, 0.2) is 29.1 Å². The van der Waals surface area contributed by atoms with Gasteiger partial charge in [-0.3, -0.25) is 14.4 Å². The van der Waals surface area contributed by atoms with Gasteiger partial charge in [-0.25, -0.2) is 0 Å². The van der Waals surface area contributed by atoms with Gasteiger partial charge in [-0.05, 0) is 55.9 Å². The number of hydrogen-bond acceptors (Lipinski definition) is 3. The molecule has 1 atom stereocenters. The molecule has 4 rings (SSSR count). The second-order valence-corrected chi connectivity index (χ2v) is 7.96. The maximum Gasteiger partial charge on any atom is 0.261 e. The van der Waals surface area contributed by atoms with Gasteiger partial charge in [-0.1, -0.05) is 24.3 Å². The summed E-state index contributed by atoms with van der Waals surface area (Å²) in [6.07, 6.45) is 2.00. The Morgan fingerprint density at radius 1 is 1.04 bits per heavy atom. The molecule has 6 heteroatoms. The minimum Gasteiger partial charge on any atom is -0.347 e. The molecule has 2 aliphatic rings. The van der Waals surface area contributed by atoms with Gasteiger partial charge in [0.2, 0.25) is 5.91 Å². The van der Waals surface area contributed by atoms with E-state index in [1.807, 2.05) is 30.9 Å². The van der Waals surface area contributed by atoms with E-state index in [0.29, 0.717) is 12.1 Å². The van der Waals surface area contributed by atoms with Crippen LogP contribution < -0.4 is 10.9 Å². The van der Waals surface area contributed by atoms with Gasteiger partial charge in [0.15, 0.2) is 0 Å². The molecule has 1 aromatic heterocycles. The number of aromatic nitrogens is 1. The highest BCUT2D eigenvalue weighted by Gasteiger charge is 2.37. The molecule has 1 aliphatic heterocycles. The Bertz CT molecular complexity index is 999. The van der Waals surface area contributed by atoms with Gasteiger partial charge in [0, 0.05) is 24.7 Å². The first-order chi connectivity index (χ1) is 13.3. The van der Waals surface area contributed by atoms with Gasteiger partial charge in [0.25, 0.3) is 11.5 Å². The fourth-order valence-electron chi connectivity index (χ4n) is 4.43. The van der Waals surface area contributed by atoms with Crippen molar-refractivity contribution in [2.24, 2.45) is 0 Å². The van der Waals surface area contributed by atoms with Crippen molar-refractivity contribution in [3.8, 4) is 0 Å². The van der Waals surface area contributed by atoms with Crippen molar-refractivity contribution >= 4 is 11.8 Å². The predicted octanol–water partition coefficient (Wildman–Crippen LogP) is 1.80. The average Bonchev–Trinajstić information content (AvgIpc) is 3.22. The first kappa shape index (κ1) is 18.5. The first-order valence-corrected chi connectivity index (χ1v) is 9.72. The van der Waals surface area contributed by atoms with Gasteiger partial charge in [-0.15, -0.1) is 0 Å². The summed E-state index contributed by atoms with van der Waals surface area (Å²) >= 11 is 0. The van der Waals surface area contributed by atoms with Crippen LogP contribution in [0.25, 0.3) is 0 Å². The lowest BCUT2D eigenvalue weighted by molar-refractivity contribution is -0.129. The van der Waals surface area contributed by atoms with Crippen LogP contribution in [0.5, 0.6) is 0 Å². The van der Waals surface area contributed by atoms with Crippen molar-refractivity contribution in [2.45, 2.75) is 52.1 Å². The molecular formula is C22H25N3O3. The molecule has 1 unspecified atom stereocenters. The van der Waals surface area contributed by atoms with Crippen LogP contribution in [-0.4, -0.2) is 40.3 Å². The smallest absolute Gasteiger partial charge is 0.261 e. The van der Waals surface area contributed by atoms with E-state index >= 15 is 0 Å². The number of hydrogen-bond donors (Lipinski definition) is 2. The van der Waals surface area contributed by atoms with E-state index in [1.165, 1.54) is 11.1 Å². The molecule has 0 spiro atoms. The van der Waals surface area contributed by atoms with E-state index in [-0.39, 0.29) is 35.5 Å². The molecular weight excluding hydrogens is 354 g/mol. The number of rotatable bonds is 3. The van der Waals surface area contributed by atoms with Crippen LogP contribution in [0.2, 0.25) is 0 Å². The Morgan fingerprint density at radius 2 is 1.68 bits per heavy atom. The standard InChI is InChI=1S/C22H25N3O3/c1-12-13(2)20(21(27)23-14(12)3)22(28)24-17-10-19(26)25(11-17)18-8-15-6-4-5-7-16(15)9-18/h4-7,17-18H,8-11H2,1-3H3,(H,23,27)(H,24,28). The molecule has 1 saturated heterocycles. The number of amides is 2. The number of nitrogens with one attached hydrogen (secondary N) is 2. The lowest BCUT2D eigenvalue weighted by Gasteiger charge is -2.24. The van der Waals surface area contributed by atoms with E-state index in [2.05, 4.69) is 22.4 Å². The van der Waals surface area contributed by atoms with E-state index in [0.717, 1.165) is 24.1 Å². The van der Waals surface area contributed by atoms with E-state index < -0.39 is 5.91 Å². The summed E-state index contributed by atoms with van der Waals surface area (Å²) < 4.78 is 0. The van der Waals surface area contributed by atoms with Crippen molar-refractivity contribution in [2.75, 3.05) is 6.54 Å². The fraction of sp³-hybridized carbons (Fsp3) is 0.409. The molecule has 28 heavy (non-hydrogen) atoms. The Labute approximate surface area is 164 Å². The topological polar surface area (TPSA) is 82.3 Å². The van der Waals surface area contributed by atoms with Crippen molar-refractivity contribution in [1.29, 1.82) is 0 Å². The predicted molar refractivity (Wildman–Crippen MR) is 106 cm³/mol. The van der Waals surface area contributed by atoms with Crippen LogP contribution in [0.3, 0.4) is 0 Å². The Hall–Kier alpha value is -2.89. The van der Waals surface area contributed by atoms with Crippen LogP contribution in [-0.2, 0) is 17.6 Å². The second-order valence-electron chi connectivity index (χ2n) is 7.96. The third kappa shape index (κ3) is 3.13. The monoisotopic (exact) mass is 379 g/mol. The number of fused-ring (bicyclic) bond motifs is 1. The molecule has 2 amide bonds. The molecule has 2 aromatic rings. The summed E-state index contributed by atoms with van der Waals surface area (Å²) in [5.74, 6) is -0.343. The van der Waals surface area contributed by atoms with E-state index in [1.54, 1.807) is 6.92 Å². The van der Waals surface area contributed by atoms with Gasteiger partial charge in [-0.2, -0.15) is 0 Å².